The van der Waals surface area contributed by atoms with Crippen LogP contribution in [0.5, 0.6) is 0 Å². The largest absolute Gasteiger partial charge is 0.341 e. The van der Waals surface area contributed by atoms with E-state index in [0.717, 1.165) is 84.0 Å². The maximum absolute atomic E-state index is 13.0. The second-order valence-corrected chi connectivity index (χ2v) is 8.23. The Bertz CT molecular complexity index is 610. The second-order valence-electron chi connectivity index (χ2n) is 8.23. The van der Waals surface area contributed by atoms with E-state index in [-0.39, 0.29) is 5.92 Å². The summed E-state index contributed by atoms with van der Waals surface area (Å²) in [6.07, 6.45) is 8.09. The van der Waals surface area contributed by atoms with Crippen LogP contribution < -0.4 is 4.90 Å². The van der Waals surface area contributed by atoms with E-state index >= 15 is 0 Å². The third-order valence-electron chi connectivity index (χ3n) is 6.43. The van der Waals surface area contributed by atoms with Crippen LogP contribution in [0.1, 0.15) is 25.7 Å². The number of likely N-dealkylation sites (N-methyl/N-ethyl adjacent to an activating group) is 1. The second kappa shape index (κ2) is 8.52. The van der Waals surface area contributed by atoms with Crippen LogP contribution in [0.25, 0.3) is 0 Å². The third kappa shape index (κ3) is 4.41. The fraction of sp³-hybridized carbons (Fsp3) is 0.750. The quantitative estimate of drug-likeness (QED) is 0.787. The maximum Gasteiger partial charge on any atom is 0.227 e. The minimum atomic E-state index is 0.192. The number of rotatable bonds is 3. The van der Waals surface area contributed by atoms with E-state index < -0.39 is 0 Å². The van der Waals surface area contributed by atoms with Gasteiger partial charge in [0, 0.05) is 64.2 Å². The molecule has 0 bridgehead atoms. The van der Waals surface area contributed by atoms with E-state index in [1.54, 1.807) is 0 Å². The molecular formula is C20H32N6O. The molecule has 3 aliphatic rings. The van der Waals surface area contributed by atoms with Gasteiger partial charge in [-0.2, -0.15) is 0 Å². The average Bonchev–Trinajstić information content (AvgIpc) is 2.75. The molecule has 0 spiro atoms. The van der Waals surface area contributed by atoms with Crippen LogP contribution >= 0.6 is 0 Å². The molecule has 4 rings (SSSR count). The highest BCUT2D eigenvalue weighted by molar-refractivity contribution is 5.79. The lowest BCUT2D eigenvalue weighted by atomic mass is 9.92. The molecule has 0 unspecified atom stereocenters. The van der Waals surface area contributed by atoms with Gasteiger partial charge in [-0.05, 0) is 45.3 Å². The Morgan fingerprint density at radius 1 is 0.963 bits per heavy atom. The first kappa shape index (κ1) is 18.6. The maximum atomic E-state index is 13.0. The van der Waals surface area contributed by atoms with Gasteiger partial charge in [-0.25, -0.2) is 9.97 Å². The number of anilines is 1. The number of amides is 1. The summed E-state index contributed by atoms with van der Waals surface area (Å²) >= 11 is 0. The Morgan fingerprint density at radius 2 is 1.67 bits per heavy atom. The fourth-order valence-electron chi connectivity index (χ4n) is 4.71. The summed E-state index contributed by atoms with van der Waals surface area (Å²) in [5.74, 6) is 1.43. The first-order chi connectivity index (χ1) is 13.2. The Hall–Kier alpha value is -1.73. The zero-order valence-corrected chi connectivity index (χ0v) is 16.5. The van der Waals surface area contributed by atoms with Crippen LogP contribution in [0.15, 0.2) is 18.5 Å². The standard InChI is InChI=1S/C20H32N6O/c1-23-12-14-24(15-13-23)19(27)17-4-2-9-26(16-17)18-5-10-25(11-6-18)20-21-7-3-8-22-20/h3,7-8,17-18H,2,4-6,9-16H2,1H3/t17-/m1/s1. The lowest BCUT2D eigenvalue weighted by Gasteiger charge is -2.43. The van der Waals surface area contributed by atoms with Gasteiger partial charge in [-0.1, -0.05) is 0 Å². The monoisotopic (exact) mass is 372 g/mol. The van der Waals surface area contributed by atoms with E-state index in [1.165, 1.54) is 0 Å². The Balaban J connectivity index is 1.29. The van der Waals surface area contributed by atoms with Crippen molar-refractivity contribution in [3.63, 3.8) is 0 Å². The fourth-order valence-corrected chi connectivity index (χ4v) is 4.71. The molecule has 3 fully saturated rings. The number of aromatic nitrogens is 2. The SMILES string of the molecule is CN1CCN(C(=O)[C@@H]2CCCN(C3CCN(c4ncccn4)CC3)C2)CC1. The van der Waals surface area contributed by atoms with Gasteiger partial charge in [0.1, 0.15) is 0 Å². The lowest BCUT2D eigenvalue weighted by molar-refractivity contribution is -0.139. The number of carbonyl (C=O) groups is 1. The molecule has 27 heavy (non-hydrogen) atoms. The lowest BCUT2D eigenvalue weighted by Crippen LogP contribution is -2.54. The van der Waals surface area contributed by atoms with Gasteiger partial charge in [0.15, 0.2) is 0 Å². The highest BCUT2D eigenvalue weighted by atomic mass is 16.2. The molecule has 3 aliphatic heterocycles. The minimum absolute atomic E-state index is 0.192. The van der Waals surface area contributed by atoms with Crippen LogP contribution in [-0.4, -0.2) is 96.0 Å². The molecule has 0 radical (unpaired) electrons. The molecule has 1 aromatic rings. The van der Waals surface area contributed by atoms with Crippen LogP contribution in [-0.2, 0) is 4.79 Å². The van der Waals surface area contributed by atoms with Crippen molar-refractivity contribution in [3.05, 3.63) is 18.5 Å². The number of hydrogen-bond acceptors (Lipinski definition) is 6. The molecule has 1 atom stereocenters. The summed E-state index contributed by atoms with van der Waals surface area (Å²) in [5, 5.41) is 0. The Morgan fingerprint density at radius 3 is 2.37 bits per heavy atom. The summed E-state index contributed by atoms with van der Waals surface area (Å²) in [5.41, 5.74) is 0. The topological polar surface area (TPSA) is 55.8 Å². The van der Waals surface area contributed by atoms with Gasteiger partial charge in [0.25, 0.3) is 0 Å². The van der Waals surface area contributed by atoms with Gasteiger partial charge in [-0.3, -0.25) is 9.69 Å². The molecule has 148 valence electrons. The van der Waals surface area contributed by atoms with Crippen LogP contribution in [0, 0.1) is 5.92 Å². The molecule has 7 nitrogen and oxygen atoms in total. The highest BCUT2D eigenvalue weighted by Gasteiger charge is 2.34. The van der Waals surface area contributed by atoms with E-state index in [2.05, 4.69) is 36.6 Å². The average molecular weight is 373 g/mol. The van der Waals surface area contributed by atoms with Crippen LogP contribution in [0.4, 0.5) is 5.95 Å². The van der Waals surface area contributed by atoms with Crippen molar-refractivity contribution in [1.82, 2.24) is 24.7 Å². The van der Waals surface area contributed by atoms with Gasteiger partial charge in [0.05, 0.1) is 5.92 Å². The van der Waals surface area contributed by atoms with Crippen LogP contribution in [0.2, 0.25) is 0 Å². The smallest absolute Gasteiger partial charge is 0.227 e. The Labute approximate surface area is 162 Å². The van der Waals surface area contributed by atoms with E-state index in [0.29, 0.717) is 11.9 Å². The zero-order chi connectivity index (χ0) is 18.6. The first-order valence-corrected chi connectivity index (χ1v) is 10.4. The van der Waals surface area contributed by atoms with E-state index in [9.17, 15) is 4.79 Å². The van der Waals surface area contributed by atoms with Gasteiger partial charge in [0.2, 0.25) is 11.9 Å². The number of carbonyl (C=O) groups excluding carboxylic acids is 1. The molecule has 3 saturated heterocycles. The van der Waals surface area contributed by atoms with E-state index in [4.69, 9.17) is 0 Å². The number of piperazine rings is 1. The summed E-state index contributed by atoms with van der Waals surface area (Å²) in [4.78, 5) is 31.0. The third-order valence-corrected chi connectivity index (χ3v) is 6.43. The highest BCUT2D eigenvalue weighted by Crippen LogP contribution is 2.26. The van der Waals surface area contributed by atoms with Crippen molar-refractivity contribution in [2.75, 3.05) is 64.3 Å². The Kier molecular flexibility index (Phi) is 5.88. The van der Waals surface area contributed by atoms with Gasteiger partial charge in [-0.15, -0.1) is 0 Å². The summed E-state index contributed by atoms with van der Waals surface area (Å²) in [7, 11) is 2.14. The molecule has 1 aromatic heterocycles. The van der Waals surface area contributed by atoms with Crippen molar-refractivity contribution in [2.24, 2.45) is 5.92 Å². The van der Waals surface area contributed by atoms with Gasteiger partial charge >= 0.3 is 0 Å². The molecule has 1 amide bonds. The first-order valence-electron chi connectivity index (χ1n) is 10.4. The molecular weight excluding hydrogens is 340 g/mol. The van der Waals surface area contributed by atoms with Gasteiger partial charge < -0.3 is 14.7 Å². The molecule has 0 aliphatic carbocycles. The number of nitrogens with zero attached hydrogens (tertiary/aromatic N) is 6. The predicted molar refractivity (Wildman–Crippen MR) is 106 cm³/mol. The number of likely N-dealkylation sites (tertiary alicyclic amines) is 1. The molecule has 0 aromatic carbocycles. The minimum Gasteiger partial charge on any atom is -0.341 e. The summed E-state index contributed by atoms with van der Waals surface area (Å²) in [6.45, 7) is 7.87. The summed E-state index contributed by atoms with van der Waals surface area (Å²) < 4.78 is 0. The van der Waals surface area contributed by atoms with Crippen molar-refractivity contribution in [3.8, 4) is 0 Å². The van der Waals surface area contributed by atoms with Crippen molar-refractivity contribution in [1.29, 1.82) is 0 Å². The van der Waals surface area contributed by atoms with E-state index in [1.807, 2.05) is 18.5 Å². The van der Waals surface area contributed by atoms with Crippen molar-refractivity contribution in [2.45, 2.75) is 31.7 Å². The molecule has 7 heteroatoms. The van der Waals surface area contributed by atoms with Crippen LogP contribution in [0.3, 0.4) is 0 Å². The predicted octanol–water partition coefficient (Wildman–Crippen LogP) is 0.931. The molecule has 4 heterocycles. The normalized spacial score (nSPS) is 26.3. The molecule has 0 saturated carbocycles. The number of piperidine rings is 2. The zero-order valence-electron chi connectivity index (χ0n) is 16.5. The summed E-state index contributed by atoms with van der Waals surface area (Å²) in [6, 6.07) is 2.45. The van der Waals surface area contributed by atoms with Crippen molar-refractivity contribution < 1.29 is 4.79 Å². The number of hydrogen-bond donors (Lipinski definition) is 0. The van der Waals surface area contributed by atoms with Crippen molar-refractivity contribution >= 4 is 11.9 Å². The molecule has 0 N–H and O–H groups in total.